The van der Waals surface area contributed by atoms with E-state index in [2.05, 4.69) is 10.6 Å². The van der Waals surface area contributed by atoms with Gasteiger partial charge in [0.05, 0.1) is 7.11 Å². The summed E-state index contributed by atoms with van der Waals surface area (Å²) in [5, 5.41) is 5.11. The molecule has 0 aliphatic rings. The number of alkyl carbamates (subject to hydrolysis) is 1. The topological polar surface area (TPSA) is 93.7 Å². The van der Waals surface area contributed by atoms with Crippen molar-refractivity contribution < 1.29 is 23.9 Å². The Morgan fingerprint density at radius 3 is 2.24 bits per heavy atom. The summed E-state index contributed by atoms with van der Waals surface area (Å²) in [5.41, 5.74) is -0.417. The van der Waals surface area contributed by atoms with Gasteiger partial charge in [-0.3, -0.25) is 4.79 Å². The molecule has 138 valence electrons. The zero-order valence-corrected chi connectivity index (χ0v) is 15.3. The van der Waals surface area contributed by atoms with E-state index in [4.69, 9.17) is 9.47 Å². The predicted octanol–water partition coefficient (Wildman–Crippen LogP) is 2.01. The van der Waals surface area contributed by atoms with E-state index in [1.165, 1.54) is 21.0 Å². The number of esters is 1. The monoisotopic (exact) mass is 350 g/mol. The third-order valence-corrected chi connectivity index (χ3v) is 3.60. The summed E-state index contributed by atoms with van der Waals surface area (Å²) >= 11 is 0. The molecule has 0 spiro atoms. The first-order valence-corrected chi connectivity index (χ1v) is 8.05. The summed E-state index contributed by atoms with van der Waals surface area (Å²) < 4.78 is 9.80. The zero-order chi connectivity index (χ0) is 19.0. The quantitative estimate of drug-likeness (QED) is 0.734. The molecule has 0 heterocycles. The van der Waals surface area contributed by atoms with Gasteiger partial charge in [-0.1, -0.05) is 44.2 Å². The molecule has 7 heteroatoms. The van der Waals surface area contributed by atoms with E-state index in [1.807, 2.05) is 30.3 Å². The lowest BCUT2D eigenvalue weighted by molar-refractivity contribution is -0.147. The first-order chi connectivity index (χ1) is 11.7. The smallest absolute Gasteiger partial charge is 0.408 e. The summed E-state index contributed by atoms with van der Waals surface area (Å²) in [5.74, 6) is -1.20. The molecule has 0 saturated heterocycles. The third kappa shape index (κ3) is 6.45. The van der Waals surface area contributed by atoms with E-state index in [1.54, 1.807) is 13.8 Å². The van der Waals surface area contributed by atoms with E-state index in [0.29, 0.717) is 0 Å². The Morgan fingerprint density at radius 1 is 1.12 bits per heavy atom. The maximum atomic E-state index is 12.4. The van der Waals surface area contributed by atoms with Crippen molar-refractivity contribution in [3.63, 3.8) is 0 Å². The number of methoxy groups -OCH3 is 1. The molecule has 2 amide bonds. The number of benzene rings is 1. The van der Waals surface area contributed by atoms with Crippen molar-refractivity contribution in [3.8, 4) is 0 Å². The fraction of sp³-hybridized carbons (Fsp3) is 0.500. The summed E-state index contributed by atoms with van der Waals surface area (Å²) in [4.78, 5) is 36.1. The van der Waals surface area contributed by atoms with Gasteiger partial charge in [0.25, 0.3) is 0 Å². The van der Waals surface area contributed by atoms with Crippen molar-refractivity contribution in [1.29, 1.82) is 0 Å². The van der Waals surface area contributed by atoms with Gasteiger partial charge in [0.1, 0.15) is 18.2 Å². The second kappa shape index (κ2) is 9.05. The lowest BCUT2D eigenvalue weighted by atomic mass is 10.0. The molecule has 1 aromatic carbocycles. The fourth-order valence-electron chi connectivity index (χ4n) is 2.02. The summed E-state index contributed by atoms with van der Waals surface area (Å²) in [6.45, 7) is 6.73. The van der Waals surface area contributed by atoms with Gasteiger partial charge in [-0.2, -0.15) is 0 Å². The highest BCUT2D eigenvalue weighted by atomic mass is 16.5. The normalized spacial score (nSPS) is 12.2. The molecular weight excluding hydrogens is 324 g/mol. The van der Waals surface area contributed by atoms with Crippen LogP contribution in [0.3, 0.4) is 0 Å². The minimum Gasteiger partial charge on any atom is -0.467 e. The van der Waals surface area contributed by atoms with E-state index < -0.39 is 29.6 Å². The minimum atomic E-state index is -1.26. The molecule has 0 fully saturated rings. The number of hydrogen-bond acceptors (Lipinski definition) is 5. The van der Waals surface area contributed by atoms with Crippen molar-refractivity contribution in [3.05, 3.63) is 35.9 Å². The van der Waals surface area contributed by atoms with Gasteiger partial charge < -0.3 is 20.1 Å². The molecule has 1 atom stereocenters. The number of carbonyl (C=O) groups excluding carboxylic acids is 3. The van der Waals surface area contributed by atoms with Crippen LogP contribution in [0.15, 0.2) is 30.3 Å². The van der Waals surface area contributed by atoms with Crippen molar-refractivity contribution in [2.75, 3.05) is 7.11 Å². The highest BCUT2D eigenvalue weighted by Crippen LogP contribution is 2.09. The molecule has 0 bridgehead atoms. The highest BCUT2D eigenvalue weighted by Gasteiger charge is 2.34. The van der Waals surface area contributed by atoms with Crippen LogP contribution < -0.4 is 10.6 Å². The van der Waals surface area contributed by atoms with Gasteiger partial charge in [0.2, 0.25) is 5.91 Å². The average Bonchev–Trinajstić information content (AvgIpc) is 2.57. The molecular formula is C18H26N2O5. The van der Waals surface area contributed by atoms with Crippen LogP contribution in [0.2, 0.25) is 0 Å². The van der Waals surface area contributed by atoms with Crippen LogP contribution in [0.5, 0.6) is 0 Å². The largest absolute Gasteiger partial charge is 0.467 e. The van der Waals surface area contributed by atoms with Crippen LogP contribution >= 0.6 is 0 Å². The van der Waals surface area contributed by atoms with E-state index >= 15 is 0 Å². The summed E-state index contributed by atoms with van der Waals surface area (Å²) in [7, 11) is 1.26. The number of carbonyl (C=O) groups is 3. The summed E-state index contributed by atoms with van der Waals surface area (Å²) in [6.07, 6.45) is -0.719. The van der Waals surface area contributed by atoms with E-state index in [0.717, 1.165) is 5.56 Å². The first kappa shape index (κ1) is 20.5. The molecule has 0 aliphatic heterocycles. The van der Waals surface area contributed by atoms with Gasteiger partial charge in [0.15, 0.2) is 0 Å². The van der Waals surface area contributed by atoms with Crippen LogP contribution in [0.4, 0.5) is 4.79 Å². The minimum absolute atomic E-state index is 0.0984. The Bertz CT molecular complexity index is 599. The van der Waals surface area contributed by atoms with E-state index in [9.17, 15) is 14.4 Å². The van der Waals surface area contributed by atoms with Crippen LogP contribution in [0.25, 0.3) is 0 Å². The molecule has 0 radical (unpaired) electrons. The van der Waals surface area contributed by atoms with Gasteiger partial charge in [-0.05, 0) is 25.3 Å². The second-order valence-electron chi connectivity index (χ2n) is 6.53. The number of rotatable bonds is 7. The Hall–Kier alpha value is -2.57. The molecule has 0 saturated carbocycles. The van der Waals surface area contributed by atoms with Crippen molar-refractivity contribution in [2.45, 2.75) is 45.9 Å². The molecule has 1 rings (SSSR count). The Morgan fingerprint density at radius 2 is 1.72 bits per heavy atom. The maximum Gasteiger partial charge on any atom is 0.408 e. The van der Waals surface area contributed by atoms with Gasteiger partial charge in [0, 0.05) is 0 Å². The van der Waals surface area contributed by atoms with Crippen LogP contribution in [-0.2, 0) is 25.7 Å². The van der Waals surface area contributed by atoms with Crippen LogP contribution in [0.1, 0.15) is 33.3 Å². The van der Waals surface area contributed by atoms with Crippen molar-refractivity contribution in [2.24, 2.45) is 5.92 Å². The molecule has 1 unspecified atom stereocenters. The lowest BCUT2D eigenvalue weighted by Gasteiger charge is -2.28. The highest BCUT2D eigenvalue weighted by molar-refractivity contribution is 5.92. The fourth-order valence-corrected chi connectivity index (χ4v) is 2.02. The summed E-state index contributed by atoms with van der Waals surface area (Å²) in [6, 6.07) is 8.41. The lowest BCUT2D eigenvalue weighted by Crippen LogP contribution is -2.58. The first-order valence-electron chi connectivity index (χ1n) is 8.05. The van der Waals surface area contributed by atoms with Gasteiger partial charge in [-0.15, -0.1) is 0 Å². The SMILES string of the molecule is COC(=O)C(NC(=O)C(C)(C)NC(=O)OCc1ccccc1)C(C)C. The van der Waals surface area contributed by atoms with Gasteiger partial charge in [-0.25, -0.2) is 9.59 Å². The predicted molar refractivity (Wildman–Crippen MR) is 92.6 cm³/mol. The van der Waals surface area contributed by atoms with Crippen molar-refractivity contribution >= 4 is 18.0 Å². The van der Waals surface area contributed by atoms with Crippen LogP contribution in [0, 0.1) is 5.92 Å². The zero-order valence-electron chi connectivity index (χ0n) is 15.3. The Balaban J connectivity index is 2.61. The number of ether oxygens (including phenoxy) is 2. The van der Waals surface area contributed by atoms with Gasteiger partial charge >= 0.3 is 12.1 Å². The average molecular weight is 350 g/mol. The third-order valence-electron chi connectivity index (χ3n) is 3.60. The molecule has 25 heavy (non-hydrogen) atoms. The number of hydrogen-bond donors (Lipinski definition) is 2. The van der Waals surface area contributed by atoms with Crippen LogP contribution in [-0.4, -0.2) is 36.7 Å². The molecule has 1 aromatic rings. The molecule has 0 aromatic heterocycles. The Labute approximate surface area is 148 Å². The maximum absolute atomic E-state index is 12.4. The standard InChI is InChI=1S/C18H26N2O5/c1-12(2)14(15(21)24-5)19-16(22)18(3,4)20-17(23)25-11-13-9-7-6-8-10-13/h6-10,12,14H,11H2,1-5H3,(H,19,22)(H,20,23). The second-order valence-corrected chi connectivity index (χ2v) is 6.53. The van der Waals surface area contributed by atoms with Crippen molar-refractivity contribution in [1.82, 2.24) is 10.6 Å². The molecule has 7 nitrogen and oxygen atoms in total. The Kier molecular flexibility index (Phi) is 7.42. The number of nitrogens with one attached hydrogen (secondary N) is 2. The number of amides is 2. The molecule has 0 aliphatic carbocycles. The van der Waals surface area contributed by atoms with E-state index in [-0.39, 0.29) is 12.5 Å². The molecule has 2 N–H and O–H groups in total.